The Hall–Kier alpha value is -3.65. The largest absolute Gasteiger partial charge is 0.352 e. The summed E-state index contributed by atoms with van der Waals surface area (Å²) in [5.41, 5.74) is 3.38. The maximum absolute atomic E-state index is 14.0. The highest BCUT2D eigenvalue weighted by Crippen LogP contribution is 2.25. The number of carbonyl (C=O) groups excluding carboxylic acids is 2. The van der Waals surface area contributed by atoms with Crippen LogP contribution in [0.1, 0.15) is 50.8 Å². The van der Waals surface area contributed by atoms with Crippen molar-refractivity contribution in [1.82, 2.24) is 10.2 Å². The molecule has 0 bridgehead atoms. The van der Waals surface area contributed by atoms with Gasteiger partial charge in [0.1, 0.15) is 12.6 Å². The Bertz CT molecular complexity index is 1340. The molecular formula is C31H39N3O4S. The van der Waals surface area contributed by atoms with Crippen molar-refractivity contribution < 1.29 is 18.0 Å². The molecule has 0 radical (unpaired) electrons. The van der Waals surface area contributed by atoms with Crippen molar-refractivity contribution in [2.24, 2.45) is 0 Å². The lowest BCUT2D eigenvalue weighted by atomic mass is 10.1. The smallest absolute Gasteiger partial charge is 0.264 e. The molecule has 7 nitrogen and oxygen atoms in total. The van der Waals surface area contributed by atoms with Gasteiger partial charge >= 0.3 is 0 Å². The van der Waals surface area contributed by atoms with Crippen LogP contribution in [-0.2, 0) is 32.6 Å². The monoisotopic (exact) mass is 549 g/mol. The van der Waals surface area contributed by atoms with Crippen LogP contribution in [0.4, 0.5) is 5.69 Å². The van der Waals surface area contributed by atoms with Crippen LogP contribution in [0.3, 0.4) is 0 Å². The summed E-state index contributed by atoms with van der Waals surface area (Å²) in [6.45, 7) is 9.32. The molecule has 208 valence electrons. The van der Waals surface area contributed by atoms with Gasteiger partial charge in [-0.15, -0.1) is 0 Å². The van der Waals surface area contributed by atoms with E-state index in [4.69, 9.17) is 0 Å². The van der Waals surface area contributed by atoms with Crippen molar-refractivity contribution in [3.8, 4) is 0 Å². The molecule has 8 heteroatoms. The third kappa shape index (κ3) is 7.69. The highest BCUT2D eigenvalue weighted by molar-refractivity contribution is 7.92. The summed E-state index contributed by atoms with van der Waals surface area (Å²) < 4.78 is 28.8. The summed E-state index contributed by atoms with van der Waals surface area (Å²) in [7, 11) is -4.07. The van der Waals surface area contributed by atoms with E-state index in [-0.39, 0.29) is 23.4 Å². The second kappa shape index (κ2) is 13.4. The Labute approximate surface area is 232 Å². The van der Waals surface area contributed by atoms with Gasteiger partial charge in [-0.1, -0.05) is 74.0 Å². The Morgan fingerprint density at radius 3 is 1.97 bits per heavy atom. The molecule has 0 aromatic heterocycles. The first-order chi connectivity index (χ1) is 18.6. The van der Waals surface area contributed by atoms with Gasteiger partial charge in [0, 0.05) is 12.6 Å². The lowest BCUT2D eigenvalue weighted by Gasteiger charge is -2.33. The lowest BCUT2D eigenvalue weighted by Crippen LogP contribution is -2.53. The quantitative estimate of drug-likeness (QED) is 0.341. The molecule has 0 aliphatic heterocycles. The zero-order chi connectivity index (χ0) is 28.6. The predicted molar refractivity (Wildman–Crippen MR) is 156 cm³/mol. The second-order valence-corrected chi connectivity index (χ2v) is 11.8. The van der Waals surface area contributed by atoms with Gasteiger partial charge in [0.25, 0.3) is 10.0 Å². The zero-order valence-electron chi connectivity index (χ0n) is 23.4. The van der Waals surface area contributed by atoms with E-state index >= 15 is 0 Å². The highest BCUT2D eigenvalue weighted by atomic mass is 32.2. The number of carbonyl (C=O) groups is 2. The van der Waals surface area contributed by atoms with Crippen molar-refractivity contribution in [2.45, 2.75) is 71.0 Å². The number of hydrogen-bond donors (Lipinski definition) is 1. The zero-order valence-corrected chi connectivity index (χ0v) is 24.2. The van der Waals surface area contributed by atoms with Crippen molar-refractivity contribution in [3.63, 3.8) is 0 Å². The Kier molecular flexibility index (Phi) is 10.3. The van der Waals surface area contributed by atoms with Crippen LogP contribution in [0.25, 0.3) is 0 Å². The van der Waals surface area contributed by atoms with Crippen LogP contribution in [0, 0.1) is 6.92 Å². The first-order valence-corrected chi connectivity index (χ1v) is 14.8. The Morgan fingerprint density at radius 1 is 0.846 bits per heavy atom. The molecule has 39 heavy (non-hydrogen) atoms. The average Bonchev–Trinajstić information content (AvgIpc) is 2.92. The molecule has 0 saturated carbocycles. The lowest BCUT2D eigenvalue weighted by molar-refractivity contribution is -0.140. The topological polar surface area (TPSA) is 86.8 Å². The van der Waals surface area contributed by atoms with E-state index in [0.717, 1.165) is 27.4 Å². The van der Waals surface area contributed by atoms with Crippen LogP contribution in [0.2, 0.25) is 0 Å². The van der Waals surface area contributed by atoms with Gasteiger partial charge in [0.05, 0.1) is 10.6 Å². The summed E-state index contributed by atoms with van der Waals surface area (Å²) in [4.78, 5) is 28.8. The maximum Gasteiger partial charge on any atom is 0.264 e. The molecule has 1 atom stereocenters. The normalized spacial score (nSPS) is 12.2. The summed E-state index contributed by atoms with van der Waals surface area (Å²) in [5.74, 6) is -0.724. The molecule has 0 spiro atoms. The van der Waals surface area contributed by atoms with E-state index in [1.165, 1.54) is 17.0 Å². The van der Waals surface area contributed by atoms with Gasteiger partial charge in [0.15, 0.2) is 0 Å². The van der Waals surface area contributed by atoms with Gasteiger partial charge in [0.2, 0.25) is 11.8 Å². The predicted octanol–water partition coefficient (Wildman–Crippen LogP) is 5.08. The standard InChI is InChI=1S/C31H39N3O4S/c1-6-25-17-19-27(20-18-25)34(39(37,38)28-11-9-8-10-12-28)22-30(35)33(21-26-15-13-24(5)14-16-26)29(7-2)31(36)32-23(3)4/h8-20,23,29H,6-7,21-22H2,1-5H3,(H,32,36)/t29-/m1/s1. The van der Waals surface area contributed by atoms with Gasteiger partial charge in [-0.2, -0.15) is 0 Å². The minimum absolute atomic E-state index is 0.0899. The van der Waals surface area contributed by atoms with Gasteiger partial charge < -0.3 is 10.2 Å². The van der Waals surface area contributed by atoms with E-state index in [9.17, 15) is 18.0 Å². The van der Waals surface area contributed by atoms with Gasteiger partial charge in [-0.25, -0.2) is 8.42 Å². The number of rotatable bonds is 12. The number of sulfonamides is 1. The minimum Gasteiger partial charge on any atom is -0.352 e. The molecule has 3 rings (SSSR count). The fourth-order valence-corrected chi connectivity index (χ4v) is 5.77. The van der Waals surface area contributed by atoms with Crippen LogP contribution in [0.15, 0.2) is 83.8 Å². The van der Waals surface area contributed by atoms with E-state index in [1.54, 1.807) is 30.3 Å². The average molecular weight is 550 g/mol. The summed E-state index contributed by atoms with van der Waals surface area (Å²) in [6.07, 6.45) is 1.19. The van der Waals surface area contributed by atoms with Crippen molar-refractivity contribution in [3.05, 3.63) is 95.6 Å². The first kappa shape index (κ1) is 29.9. The molecule has 0 aliphatic carbocycles. The number of amides is 2. The van der Waals surface area contributed by atoms with Crippen LogP contribution >= 0.6 is 0 Å². The van der Waals surface area contributed by atoms with Gasteiger partial charge in [-0.05, 0) is 69.0 Å². The van der Waals surface area contributed by atoms with Crippen LogP contribution in [0.5, 0.6) is 0 Å². The van der Waals surface area contributed by atoms with E-state index < -0.39 is 28.5 Å². The number of nitrogens with zero attached hydrogens (tertiary/aromatic N) is 2. The summed E-state index contributed by atoms with van der Waals surface area (Å²) in [6, 6.07) is 22.1. The van der Waals surface area contributed by atoms with Crippen LogP contribution in [-0.4, -0.2) is 43.8 Å². The number of benzene rings is 3. The Morgan fingerprint density at radius 2 is 1.44 bits per heavy atom. The maximum atomic E-state index is 14.0. The number of hydrogen-bond acceptors (Lipinski definition) is 4. The number of anilines is 1. The highest BCUT2D eigenvalue weighted by Gasteiger charge is 2.33. The number of nitrogens with one attached hydrogen (secondary N) is 1. The molecule has 0 fully saturated rings. The van der Waals surface area contributed by atoms with Crippen LogP contribution < -0.4 is 9.62 Å². The minimum atomic E-state index is -4.07. The molecule has 0 heterocycles. The summed E-state index contributed by atoms with van der Waals surface area (Å²) >= 11 is 0. The molecule has 3 aromatic carbocycles. The fraction of sp³-hybridized carbons (Fsp3) is 0.355. The fourth-order valence-electron chi connectivity index (χ4n) is 4.34. The molecule has 3 aromatic rings. The SMILES string of the molecule is CCc1ccc(N(CC(=O)N(Cc2ccc(C)cc2)[C@H](CC)C(=O)NC(C)C)S(=O)(=O)c2ccccc2)cc1. The Balaban J connectivity index is 2.05. The molecule has 0 aliphatic rings. The molecule has 0 saturated heterocycles. The van der Waals surface area contributed by atoms with E-state index in [1.807, 2.05) is 71.0 Å². The third-order valence-corrected chi connectivity index (χ3v) is 8.32. The number of aryl methyl sites for hydroxylation is 2. The van der Waals surface area contributed by atoms with Crippen molar-refractivity contribution >= 4 is 27.5 Å². The van der Waals surface area contributed by atoms with E-state index in [0.29, 0.717) is 12.1 Å². The molecule has 1 N–H and O–H groups in total. The van der Waals surface area contributed by atoms with Gasteiger partial charge in [-0.3, -0.25) is 13.9 Å². The van der Waals surface area contributed by atoms with Crippen molar-refractivity contribution in [2.75, 3.05) is 10.8 Å². The van der Waals surface area contributed by atoms with Crippen molar-refractivity contribution in [1.29, 1.82) is 0 Å². The molecular weight excluding hydrogens is 510 g/mol. The molecule has 2 amide bonds. The third-order valence-electron chi connectivity index (χ3n) is 6.53. The summed E-state index contributed by atoms with van der Waals surface area (Å²) in [5, 5.41) is 2.91. The van der Waals surface area contributed by atoms with E-state index in [2.05, 4.69) is 5.32 Å². The molecule has 0 unspecified atom stereocenters. The second-order valence-electron chi connectivity index (χ2n) is 9.94. The first-order valence-electron chi connectivity index (χ1n) is 13.4.